The van der Waals surface area contributed by atoms with Crippen LogP contribution >= 0.6 is 0 Å². The van der Waals surface area contributed by atoms with E-state index < -0.39 is 0 Å². The highest BCUT2D eigenvalue weighted by Gasteiger charge is 2.09. The van der Waals surface area contributed by atoms with Crippen LogP contribution in [0.15, 0.2) is 60.9 Å². The lowest BCUT2D eigenvalue weighted by atomic mass is 10.1. The first-order chi connectivity index (χ1) is 14.1. The van der Waals surface area contributed by atoms with E-state index in [1.807, 2.05) is 30.3 Å². The molecule has 0 spiro atoms. The second-order valence-electron chi connectivity index (χ2n) is 6.91. The Kier molecular flexibility index (Phi) is 6.85. The van der Waals surface area contributed by atoms with Gasteiger partial charge in [0.25, 0.3) is 5.91 Å². The van der Waals surface area contributed by atoms with Gasteiger partial charge in [0.15, 0.2) is 0 Å². The minimum atomic E-state index is -0.135. The Morgan fingerprint density at radius 2 is 1.93 bits per heavy atom. The molecule has 2 N–H and O–H groups in total. The largest absolute Gasteiger partial charge is 0.497 e. The first kappa shape index (κ1) is 20.4. The number of hydrogen-bond donors (Lipinski definition) is 2. The molecular weight excluding hydrogens is 362 g/mol. The fourth-order valence-corrected chi connectivity index (χ4v) is 3.23. The number of carbonyl (C=O) groups excluding carboxylic acids is 1. The first-order valence-corrected chi connectivity index (χ1v) is 9.82. The molecule has 1 aromatic heterocycles. The fraction of sp³-hybridized carbons (Fsp3) is 0.250. The molecular formula is C24H27N3O2. The number of para-hydroxylation sites is 1. The summed E-state index contributed by atoms with van der Waals surface area (Å²) in [6.07, 6.45) is 4.99. The van der Waals surface area contributed by atoms with Crippen LogP contribution in [0.3, 0.4) is 0 Å². The average molecular weight is 389 g/mol. The lowest BCUT2D eigenvalue weighted by Gasteiger charge is -2.14. The number of rotatable bonds is 8. The molecule has 0 unspecified atom stereocenters. The first-order valence-electron chi connectivity index (χ1n) is 9.82. The maximum atomic E-state index is 12.5. The topological polar surface area (TPSA) is 63.2 Å². The monoisotopic (exact) mass is 389 g/mol. The molecule has 5 nitrogen and oxygen atoms in total. The smallest absolute Gasteiger partial charge is 0.252 e. The summed E-state index contributed by atoms with van der Waals surface area (Å²) in [5, 5.41) is 6.39. The number of ether oxygens (including phenoxy) is 1. The van der Waals surface area contributed by atoms with E-state index in [9.17, 15) is 4.79 Å². The van der Waals surface area contributed by atoms with Crippen LogP contribution in [0, 0.1) is 6.92 Å². The molecule has 2 aromatic carbocycles. The van der Waals surface area contributed by atoms with E-state index in [-0.39, 0.29) is 5.91 Å². The Morgan fingerprint density at radius 3 is 2.72 bits per heavy atom. The van der Waals surface area contributed by atoms with Crippen molar-refractivity contribution in [1.29, 1.82) is 0 Å². The molecule has 0 aliphatic heterocycles. The molecule has 0 radical (unpaired) electrons. The van der Waals surface area contributed by atoms with Crippen molar-refractivity contribution in [3.05, 3.63) is 83.2 Å². The van der Waals surface area contributed by atoms with E-state index in [0.717, 1.165) is 41.1 Å². The number of nitrogens with one attached hydrogen (secondary N) is 2. The minimum Gasteiger partial charge on any atom is -0.497 e. The number of nitrogens with zero attached hydrogens (tertiary/aromatic N) is 1. The summed E-state index contributed by atoms with van der Waals surface area (Å²) in [7, 11) is 1.65. The molecule has 29 heavy (non-hydrogen) atoms. The Bertz CT molecular complexity index is 985. The van der Waals surface area contributed by atoms with Gasteiger partial charge >= 0.3 is 0 Å². The number of benzene rings is 2. The second kappa shape index (κ2) is 9.73. The summed E-state index contributed by atoms with van der Waals surface area (Å²) >= 11 is 0. The van der Waals surface area contributed by atoms with Gasteiger partial charge in [0.05, 0.1) is 24.6 Å². The van der Waals surface area contributed by atoms with Crippen LogP contribution in [0.1, 0.15) is 34.0 Å². The van der Waals surface area contributed by atoms with Crippen LogP contribution in [0.4, 0.5) is 11.4 Å². The summed E-state index contributed by atoms with van der Waals surface area (Å²) in [6.45, 7) is 4.75. The quantitative estimate of drug-likeness (QED) is 0.587. The fourth-order valence-electron chi connectivity index (χ4n) is 3.23. The van der Waals surface area contributed by atoms with E-state index >= 15 is 0 Å². The predicted molar refractivity (Wildman–Crippen MR) is 117 cm³/mol. The van der Waals surface area contributed by atoms with Crippen molar-refractivity contribution < 1.29 is 9.53 Å². The van der Waals surface area contributed by atoms with Gasteiger partial charge in [-0.25, -0.2) is 0 Å². The number of anilines is 2. The summed E-state index contributed by atoms with van der Waals surface area (Å²) in [4.78, 5) is 16.8. The molecule has 150 valence electrons. The van der Waals surface area contributed by atoms with Crippen molar-refractivity contribution in [2.75, 3.05) is 19.0 Å². The SMILES string of the molecule is CCc1cccc(C)c1Nc1cncc(C(=O)NCCc2cccc(OC)c2)c1. The summed E-state index contributed by atoms with van der Waals surface area (Å²) in [6, 6.07) is 15.9. The van der Waals surface area contributed by atoms with Gasteiger partial charge in [0, 0.05) is 18.4 Å². The molecule has 0 saturated heterocycles. The van der Waals surface area contributed by atoms with E-state index in [0.29, 0.717) is 12.1 Å². The summed E-state index contributed by atoms with van der Waals surface area (Å²) < 4.78 is 5.24. The van der Waals surface area contributed by atoms with E-state index in [2.05, 4.69) is 47.7 Å². The number of aryl methyl sites for hydroxylation is 2. The summed E-state index contributed by atoms with van der Waals surface area (Å²) in [5.74, 6) is 0.684. The van der Waals surface area contributed by atoms with E-state index in [1.54, 1.807) is 19.5 Å². The van der Waals surface area contributed by atoms with Crippen LogP contribution < -0.4 is 15.4 Å². The van der Waals surface area contributed by atoms with Gasteiger partial charge in [0.1, 0.15) is 5.75 Å². The van der Waals surface area contributed by atoms with Gasteiger partial charge in [-0.05, 0) is 54.7 Å². The van der Waals surface area contributed by atoms with Crippen LogP contribution in [0.25, 0.3) is 0 Å². The van der Waals surface area contributed by atoms with Crippen molar-refractivity contribution in [3.8, 4) is 5.75 Å². The second-order valence-corrected chi connectivity index (χ2v) is 6.91. The van der Waals surface area contributed by atoms with Crippen molar-refractivity contribution in [2.24, 2.45) is 0 Å². The van der Waals surface area contributed by atoms with Gasteiger partial charge in [-0.2, -0.15) is 0 Å². The molecule has 0 bridgehead atoms. The van der Waals surface area contributed by atoms with Crippen molar-refractivity contribution in [2.45, 2.75) is 26.7 Å². The Hall–Kier alpha value is -3.34. The Morgan fingerprint density at radius 1 is 1.10 bits per heavy atom. The standard InChI is InChI=1S/C24H27N3O2/c1-4-19-9-5-7-17(2)23(19)27-21-14-20(15-25-16-21)24(28)26-12-11-18-8-6-10-22(13-18)29-3/h5-10,13-16,27H,4,11-12H2,1-3H3,(H,26,28). The Balaban J connectivity index is 1.64. The van der Waals surface area contributed by atoms with Gasteiger partial charge in [-0.3, -0.25) is 9.78 Å². The van der Waals surface area contributed by atoms with Crippen molar-refractivity contribution in [3.63, 3.8) is 0 Å². The van der Waals surface area contributed by atoms with Gasteiger partial charge < -0.3 is 15.4 Å². The zero-order chi connectivity index (χ0) is 20.6. The van der Waals surface area contributed by atoms with Crippen LogP contribution in [0.2, 0.25) is 0 Å². The van der Waals surface area contributed by atoms with Gasteiger partial charge in [-0.15, -0.1) is 0 Å². The van der Waals surface area contributed by atoms with Crippen molar-refractivity contribution >= 4 is 17.3 Å². The maximum Gasteiger partial charge on any atom is 0.252 e. The lowest BCUT2D eigenvalue weighted by molar-refractivity contribution is 0.0954. The Labute approximate surface area is 172 Å². The van der Waals surface area contributed by atoms with Gasteiger partial charge in [0.2, 0.25) is 0 Å². The third kappa shape index (κ3) is 5.35. The van der Waals surface area contributed by atoms with Gasteiger partial charge in [-0.1, -0.05) is 37.3 Å². The van der Waals surface area contributed by atoms with E-state index in [4.69, 9.17) is 4.74 Å². The zero-order valence-electron chi connectivity index (χ0n) is 17.2. The number of carbonyl (C=O) groups is 1. The molecule has 1 heterocycles. The predicted octanol–water partition coefficient (Wildman–Crippen LogP) is 4.68. The minimum absolute atomic E-state index is 0.135. The average Bonchev–Trinajstić information content (AvgIpc) is 2.75. The molecule has 0 fully saturated rings. The third-order valence-electron chi connectivity index (χ3n) is 4.84. The van der Waals surface area contributed by atoms with Crippen molar-refractivity contribution in [1.82, 2.24) is 10.3 Å². The summed E-state index contributed by atoms with van der Waals surface area (Å²) in [5.41, 5.74) is 5.93. The molecule has 3 aromatic rings. The number of hydrogen-bond acceptors (Lipinski definition) is 4. The zero-order valence-corrected chi connectivity index (χ0v) is 17.2. The number of aromatic nitrogens is 1. The molecule has 0 saturated carbocycles. The molecule has 0 aliphatic rings. The number of pyridine rings is 1. The molecule has 3 rings (SSSR count). The third-order valence-corrected chi connectivity index (χ3v) is 4.84. The molecule has 0 aliphatic carbocycles. The highest BCUT2D eigenvalue weighted by molar-refractivity contribution is 5.94. The van der Waals surface area contributed by atoms with Crippen LogP contribution in [0.5, 0.6) is 5.75 Å². The maximum absolute atomic E-state index is 12.5. The van der Waals surface area contributed by atoms with Crippen LogP contribution in [-0.2, 0) is 12.8 Å². The molecule has 0 atom stereocenters. The molecule has 5 heteroatoms. The highest BCUT2D eigenvalue weighted by Crippen LogP contribution is 2.25. The highest BCUT2D eigenvalue weighted by atomic mass is 16.5. The number of methoxy groups -OCH3 is 1. The van der Waals surface area contributed by atoms with E-state index in [1.165, 1.54) is 5.56 Å². The normalized spacial score (nSPS) is 10.4. The van der Waals surface area contributed by atoms with Crippen LogP contribution in [-0.4, -0.2) is 24.5 Å². The molecule has 1 amide bonds. The lowest BCUT2D eigenvalue weighted by Crippen LogP contribution is -2.25. The number of amides is 1.